The van der Waals surface area contributed by atoms with Crippen LogP contribution in [0.4, 0.5) is 5.69 Å². The Morgan fingerprint density at radius 2 is 2.31 bits per heavy atom. The second-order valence-corrected chi connectivity index (χ2v) is 3.62. The first kappa shape index (κ1) is 8.12. The van der Waals surface area contributed by atoms with Crippen LogP contribution < -0.4 is 4.40 Å². The molecule has 2 heterocycles. The normalized spacial score (nSPS) is 10.5. The number of aromatic nitrogens is 1. The monoisotopic (exact) mass is 195 g/mol. The van der Waals surface area contributed by atoms with Crippen LogP contribution in [0.15, 0.2) is 23.7 Å². The van der Waals surface area contributed by atoms with Crippen LogP contribution in [0.2, 0.25) is 0 Å². The van der Waals surface area contributed by atoms with E-state index in [0.29, 0.717) is 0 Å². The van der Waals surface area contributed by atoms with Gasteiger partial charge in [-0.1, -0.05) is 11.3 Å². The molecule has 0 aliphatic rings. The van der Waals surface area contributed by atoms with Crippen molar-refractivity contribution in [3.05, 3.63) is 39.5 Å². The maximum absolute atomic E-state index is 10.5. The van der Waals surface area contributed by atoms with Gasteiger partial charge in [-0.2, -0.15) is 0 Å². The number of pyridine rings is 1. The van der Waals surface area contributed by atoms with Crippen molar-refractivity contribution < 1.29 is 9.32 Å². The maximum Gasteiger partial charge on any atom is 0.332 e. The molecule has 0 aliphatic carbocycles. The van der Waals surface area contributed by atoms with Crippen molar-refractivity contribution in [1.29, 1.82) is 0 Å². The number of thiazole rings is 1. The van der Waals surface area contributed by atoms with Gasteiger partial charge in [0.2, 0.25) is 0 Å². The van der Waals surface area contributed by atoms with Crippen molar-refractivity contribution in [2.75, 3.05) is 0 Å². The number of nitrogens with zero attached hydrogens (tertiary/aromatic N) is 2. The minimum Gasteiger partial charge on any atom is -0.258 e. The van der Waals surface area contributed by atoms with E-state index in [1.54, 1.807) is 23.6 Å². The van der Waals surface area contributed by atoms with Crippen molar-refractivity contribution in [2.24, 2.45) is 0 Å². The van der Waals surface area contributed by atoms with E-state index in [9.17, 15) is 10.1 Å². The van der Waals surface area contributed by atoms with E-state index >= 15 is 0 Å². The van der Waals surface area contributed by atoms with E-state index in [1.807, 2.05) is 16.7 Å². The molecular weight excluding hydrogens is 188 g/mol. The SMILES string of the molecule is Cc1csc2ccc([N+](=O)[O-])c[n+]12. The molecule has 0 spiro atoms. The Kier molecular flexibility index (Phi) is 1.73. The Labute approximate surface area is 78.2 Å². The summed E-state index contributed by atoms with van der Waals surface area (Å²) >= 11 is 1.57. The summed E-state index contributed by atoms with van der Waals surface area (Å²) in [6, 6.07) is 3.28. The van der Waals surface area contributed by atoms with Crippen LogP contribution in [0.25, 0.3) is 4.83 Å². The molecule has 2 aromatic heterocycles. The van der Waals surface area contributed by atoms with Gasteiger partial charge in [0.05, 0.1) is 10.3 Å². The number of rotatable bonds is 1. The molecule has 0 bridgehead atoms. The van der Waals surface area contributed by atoms with E-state index < -0.39 is 0 Å². The van der Waals surface area contributed by atoms with Crippen LogP contribution in [-0.2, 0) is 0 Å². The van der Waals surface area contributed by atoms with E-state index in [-0.39, 0.29) is 10.6 Å². The highest BCUT2D eigenvalue weighted by Gasteiger charge is 2.15. The molecule has 0 unspecified atom stereocenters. The second-order valence-electron chi connectivity index (χ2n) is 2.73. The van der Waals surface area contributed by atoms with Crippen LogP contribution in [0.1, 0.15) is 5.69 Å². The number of fused-ring (bicyclic) bond motifs is 1. The molecule has 4 nitrogen and oxygen atoms in total. The molecule has 2 rings (SSSR count). The van der Waals surface area contributed by atoms with Crippen LogP contribution in [-0.4, -0.2) is 4.92 Å². The number of hydrogen-bond acceptors (Lipinski definition) is 3. The molecule has 0 saturated carbocycles. The van der Waals surface area contributed by atoms with Gasteiger partial charge in [-0.25, -0.2) is 0 Å². The average Bonchev–Trinajstić information content (AvgIpc) is 2.47. The summed E-state index contributed by atoms with van der Waals surface area (Å²) in [6.45, 7) is 1.92. The van der Waals surface area contributed by atoms with Gasteiger partial charge in [-0.05, 0) is 0 Å². The second kappa shape index (κ2) is 2.77. The molecule has 0 N–H and O–H groups in total. The topological polar surface area (TPSA) is 47.2 Å². The highest BCUT2D eigenvalue weighted by Crippen LogP contribution is 2.13. The average molecular weight is 195 g/mol. The molecule has 13 heavy (non-hydrogen) atoms. The summed E-state index contributed by atoms with van der Waals surface area (Å²) in [4.78, 5) is 11.1. The lowest BCUT2D eigenvalue weighted by Crippen LogP contribution is -2.21. The summed E-state index contributed by atoms with van der Waals surface area (Å²) in [5.41, 5.74) is 1.14. The Morgan fingerprint density at radius 1 is 1.54 bits per heavy atom. The molecule has 0 saturated heterocycles. The summed E-state index contributed by atoms with van der Waals surface area (Å²) in [7, 11) is 0. The largest absolute Gasteiger partial charge is 0.332 e. The summed E-state index contributed by atoms with van der Waals surface area (Å²) in [5, 5.41) is 12.4. The van der Waals surface area contributed by atoms with Gasteiger partial charge in [0.25, 0.3) is 11.0 Å². The lowest BCUT2D eigenvalue weighted by atomic mass is 10.4. The van der Waals surface area contributed by atoms with Gasteiger partial charge < -0.3 is 0 Å². The predicted molar refractivity (Wildman–Crippen MR) is 48.9 cm³/mol. The van der Waals surface area contributed by atoms with Crippen LogP contribution in [0.5, 0.6) is 0 Å². The highest BCUT2D eigenvalue weighted by atomic mass is 32.1. The van der Waals surface area contributed by atoms with E-state index in [2.05, 4.69) is 0 Å². The number of aryl methyl sites for hydroxylation is 1. The number of hydrogen-bond donors (Lipinski definition) is 0. The molecule has 5 heteroatoms. The van der Waals surface area contributed by atoms with Gasteiger partial charge in [0.15, 0.2) is 5.69 Å². The fraction of sp³-hybridized carbons (Fsp3) is 0.125. The molecule has 0 fully saturated rings. The Morgan fingerprint density at radius 3 is 3.00 bits per heavy atom. The molecule has 0 amide bonds. The predicted octanol–water partition coefficient (Wildman–Crippen LogP) is 1.70. The quantitative estimate of drug-likeness (QED) is 0.395. The first-order chi connectivity index (χ1) is 6.18. The standard InChI is InChI=1S/C8H7N2O2S/c1-6-5-13-8-3-2-7(10(11)12)4-9(6)8/h2-5H,1H3/q+1. The fourth-order valence-electron chi connectivity index (χ4n) is 1.16. The molecule has 2 aromatic rings. The van der Waals surface area contributed by atoms with E-state index in [0.717, 1.165) is 10.5 Å². The van der Waals surface area contributed by atoms with Crippen LogP contribution in [0, 0.1) is 17.0 Å². The van der Waals surface area contributed by atoms with Crippen molar-refractivity contribution >= 4 is 21.9 Å². The summed E-state index contributed by atoms with van der Waals surface area (Å²) in [6.07, 6.45) is 1.54. The molecule has 0 aliphatic heterocycles. The molecule has 66 valence electrons. The molecule has 0 radical (unpaired) electrons. The third kappa shape index (κ3) is 1.27. The summed E-state index contributed by atoms with van der Waals surface area (Å²) in [5.74, 6) is 0. The van der Waals surface area contributed by atoms with Crippen LogP contribution >= 0.6 is 11.3 Å². The zero-order valence-electron chi connectivity index (χ0n) is 6.93. The third-order valence-electron chi connectivity index (χ3n) is 1.84. The van der Waals surface area contributed by atoms with Crippen molar-refractivity contribution in [1.82, 2.24) is 0 Å². The Bertz CT molecular complexity index is 478. The summed E-state index contributed by atoms with van der Waals surface area (Å²) < 4.78 is 1.82. The first-order valence-corrected chi connectivity index (χ1v) is 4.60. The van der Waals surface area contributed by atoms with Crippen molar-refractivity contribution in [3.8, 4) is 0 Å². The van der Waals surface area contributed by atoms with Gasteiger partial charge in [-0.3, -0.25) is 10.1 Å². The lowest BCUT2D eigenvalue weighted by Gasteiger charge is -1.86. The van der Waals surface area contributed by atoms with Crippen molar-refractivity contribution in [3.63, 3.8) is 0 Å². The first-order valence-electron chi connectivity index (χ1n) is 3.72. The fourth-order valence-corrected chi connectivity index (χ4v) is 2.02. The van der Waals surface area contributed by atoms with E-state index in [4.69, 9.17) is 0 Å². The third-order valence-corrected chi connectivity index (χ3v) is 2.87. The van der Waals surface area contributed by atoms with Gasteiger partial charge in [-0.15, -0.1) is 4.40 Å². The molecule has 0 aromatic carbocycles. The van der Waals surface area contributed by atoms with E-state index in [1.165, 1.54) is 6.07 Å². The zero-order valence-corrected chi connectivity index (χ0v) is 7.75. The maximum atomic E-state index is 10.5. The van der Waals surface area contributed by atoms with Gasteiger partial charge >= 0.3 is 5.69 Å². The van der Waals surface area contributed by atoms with Gasteiger partial charge in [0.1, 0.15) is 0 Å². The van der Waals surface area contributed by atoms with Crippen LogP contribution in [0.3, 0.4) is 0 Å². The minimum atomic E-state index is -0.385. The van der Waals surface area contributed by atoms with Crippen molar-refractivity contribution in [2.45, 2.75) is 6.92 Å². The molecular formula is C8H7N2O2S+. The lowest BCUT2D eigenvalue weighted by molar-refractivity contribution is -0.523. The smallest absolute Gasteiger partial charge is 0.258 e. The number of nitro groups is 1. The Balaban J connectivity index is 2.72. The Hall–Kier alpha value is -1.49. The zero-order chi connectivity index (χ0) is 9.42. The van der Waals surface area contributed by atoms with Gasteiger partial charge in [0, 0.05) is 19.1 Å². The molecule has 0 atom stereocenters. The minimum absolute atomic E-state index is 0.124. The highest BCUT2D eigenvalue weighted by molar-refractivity contribution is 7.15.